The van der Waals surface area contributed by atoms with Crippen LogP contribution in [0.3, 0.4) is 0 Å². The topological polar surface area (TPSA) is 42.2 Å². The van der Waals surface area contributed by atoms with E-state index in [-0.39, 0.29) is 0 Å². The van der Waals surface area contributed by atoms with Crippen molar-refractivity contribution in [3.63, 3.8) is 0 Å². The summed E-state index contributed by atoms with van der Waals surface area (Å²) in [4.78, 5) is 8.50. The van der Waals surface area contributed by atoms with Gasteiger partial charge >= 0.3 is 0 Å². The largest absolute Gasteiger partial charge is 0.319 e. The summed E-state index contributed by atoms with van der Waals surface area (Å²) < 4.78 is 1.91. The first kappa shape index (κ1) is 8.19. The summed E-state index contributed by atoms with van der Waals surface area (Å²) in [6.07, 6.45) is 6.58. The molecule has 0 aromatic carbocycles. The summed E-state index contributed by atoms with van der Waals surface area (Å²) in [6.45, 7) is 0.948. The van der Waals surface area contributed by atoms with E-state index in [0.717, 1.165) is 24.4 Å². The number of fused-ring (bicyclic) bond motifs is 1. The minimum absolute atomic E-state index is 0.772. The molecule has 0 saturated carbocycles. The third kappa shape index (κ3) is 1.67. The Bertz CT molecular complexity index is 393. The van der Waals surface area contributed by atoms with E-state index in [4.69, 9.17) is 0 Å². The first-order valence-corrected chi connectivity index (χ1v) is 4.33. The van der Waals surface area contributed by atoms with Crippen LogP contribution in [0.15, 0.2) is 24.7 Å². The Labute approximate surface area is 76.6 Å². The fourth-order valence-electron chi connectivity index (χ4n) is 1.23. The Balaban J connectivity index is 2.26. The molecule has 0 unspecified atom stereocenters. The molecular formula is C9H12N4. The zero-order valence-corrected chi connectivity index (χ0v) is 7.57. The molecule has 2 heterocycles. The lowest BCUT2D eigenvalue weighted by molar-refractivity contribution is 0.775. The van der Waals surface area contributed by atoms with Gasteiger partial charge in [0.05, 0.1) is 0 Å². The van der Waals surface area contributed by atoms with Gasteiger partial charge in [-0.15, -0.1) is 0 Å². The van der Waals surface area contributed by atoms with E-state index in [1.54, 1.807) is 6.20 Å². The van der Waals surface area contributed by atoms with E-state index < -0.39 is 0 Å². The molecule has 2 aromatic heterocycles. The van der Waals surface area contributed by atoms with Crippen LogP contribution in [0.4, 0.5) is 0 Å². The highest BCUT2D eigenvalue weighted by Gasteiger charge is 1.97. The Morgan fingerprint density at radius 3 is 3.23 bits per heavy atom. The van der Waals surface area contributed by atoms with Crippen molar-refractivity contribution in [2.75, 3.05) is 13.6 Å². The van der Waals surface area contributed by atoms with Crippen molar-refractivity contribution in [2.45, 2.75) is 6.42 Å². The van der Waals surface area contributed by atoms with Gasteiger partial charge in [0, 0.05) is 37.3 Å². The molecule has 0 aliphatic carbocycles. The fourth-order valence-corrected chi connectivity index (χ4v) is 1.23. The fraction of sp³-hybridized carbons (Fsp3) is 0.333. The number of nitrogens with zero attached hydrogens (tertiary/aromatic N) is 3. The third-order valence-electron chi connectivity index (χ3n) is 1.95. The van der Waals surface area contributed by atoms with Crippen LogP contribution in [0, 0.1) is 0 Å². The van der Waals surface area contributed by atoms with Crippen molar-refractivity contribution in [2.24, 2.45) is 0 Å². The van der Waals surface area contributed by atoms with E-state index in [0.29, 0.717) is 0 Å². The van der Waals surface area contributed by atoms with E-state index in [1.807, 2.05) is 29.9 Å². The maximum absolute atomic E-state index is 4.38. The highest BCUT2D eigenvalue weighted by atomic mass is 15.1. The van der Waals surface area contributed by atoms with Crippen LogP contribution in [0.2, 0.25) is 0 Å². The molecule has 0 bridgehead atoms. The standard InChI is InChI=1S/C9H12N4/c1-10-4-2-8-3-6-13-7-5-11-9(13)12-8/h3,5-7,10H,2,4H2,1H3. The molecule has 1 N–H and O–H groups in total. The van der Waals surface area contributed by atoms with E-state index in [9.17, 15) is 0 Å². The molecule has 0 amide bonds. The number of rotatable bonds is 3. The third-order valence-corrected chi connectivity index (χ3v) is 1.95. The summed E-state index contributed by atoms with van der Waals surface area (Å²) in [5.74, 6) is 0.772. The van der Waals surface area contributed by atoms with Gasteiger partial charge in [-0.3, -0.25) is 4.40 Å². The second-order valence-electron chi connectivity index (χ2n) is 2.91. The minimum atomic E-state index is 0.772. The molecule has 0 saturated heterocycles. The van der Waals surface area contributed by atoms with Gasteiger partial charge in [-0.1, -0.05) is 0 Å². The van der Waals surface area contributed by atoms with Gasteiger partial charge < -0.3 is 5.32 Å². The highest BCUT2D eigenvalue weighted by molar-refractivity contribution is 5.28. The van der Waals surface area contributed by atoms with Gasteiger partial charge in [0.1, 0.15) is 0 Å². The minimum Gasteiger partial charge on any atom is -0.319 e. The Kier molecular flexibility index (Phi) is 2.23. The maximum atomic E-state index is 4.38. The van der Waals surface area contributed by atoms with Crippen LogP contribution in [-0.4, -0.2) is 28.0 Å². The van der Waals surface area contributed by atoms with E-state index in [1.165, 1.54) is 0 Å². The molecule has 13 heavy (non-hydrogen) atoms. The molecule has 4 nitrogen and oxygen atoms in total. The summed E-state index contributed by atoms with van der Waals surface area (Å²) >= 11 is 0. The number of nitrogens with one attached hydrogen (secondary N) is 1. The summed E-state index contributed by atoms with van der Waals surface area (Å²) in [6, 6.07) is 2.02. The van der Waals surface area contributed by atoms with Crippen molar-refractivity contribution < 1.29 is 0 Å². The van der Waals surface area contributed by atoms with Crippen LogP contribution < -0.4 is 5.32 Å². The van der Waals surface area contributed by atoms with Crippen LogP contribution in [0.5, 0.6) is 0 Å². The predicted octanol–water partition coefficient (Wildman–Crippen LogP) is 0.491. The second kappa shape index (κ2) is 3.53. The average molecular weight is 176 g/mol. The monoisotopic (exact) mass is 176 g/mol. The summed E-state index contributed by atoms with van der Waals surface area (Å²) in [7, 11) is 1.94. The lowest BCUT2D eigenvalue weighted by atomic mass is 10.3. The Morgan fingerprint density at radius 2 is 2.38 bits per heavy atom. The van der Waals surface area contributed by atoms with E-state index in [2.05, 4.69) is 15.3 Å². The molecule has 2 aromatic rings. The molecule has 0 atom stereocenters. The lowest BCUT2D eigenvalue weighted by Crippen LogP contribution is -2.11. The lowest BCUT2D eigenvalue weighted by Gasteiger charge is -1.99. The van der Waals surface area contributed by atoms with Crippen LogP contribution in [0.25, 0.3) is 5.78 Å². The Hall–Kier alpha value is -1.42. The quantitative estimate of drug-likeness (QED) is 0.740. The number of likely N-dealkylation sites (N-methyl/N-ethyl adjacent to an activating group) is 1. The molecule has 68 valence electrons. The van der Waals surface area contributed by atoms with Crippen molar-refractivity contribution in [1.29, 1.82) is 0 Å². The molecule has 0 aliphatic rings. The first-order chi connectivity index (χ1) is 6.40. The number of hydrogen-bond donors (Lipinski definition) is 1. The predicted molar refractivity (Wildman–Crippen MR) is 50.6 cm³/mol. The zero-order valence-electron chi connectivity index (χ0n) is 7.57. The molecule has 0 radical (unpaired) electrons. The molecule has 0 fully saturated rings. The summed E-state index contributed by atoms with van der Waals surface area (Å²) in [5.41, 5.74) is 1.08. The van der Waals surface area contributed by atoms with Gasteiger partial charge in [-0.05, 0) is 13.1 Å². The van der Waals surface area contributed by atoms with Crippen molar-refractivity contribution in [3.05, 3.63) is 30.4 Å². The summed E-state index contributed by atoms with van der Waals surface area (Å²) in [5, 5.41) is 3.09. The van der Waals surface area contributed by atoms with Gasteiger partial charge in [0.15, 0.2) is 0 Å². The van der Waals surface area contributed by atoms with Crippen molar-refractivity contribution in [1.82, 2.24) is 19.7 Å². The number of hydrogen-bond acceptors (Lipinski definition) is 3. The molecule has 0 spiro atoms. The first-order valence-electron chi connectivity index (χ1n) is 4.33. The molecule has 0 aliphatic heterocycles. The number of aromatic nitrogens is 3. The van der Waals surface area contributed by atoms with Crippen LogP contribution in [-0.2, 0) is 6.42 Å². The van der Waals surface area contributed by atoms with Crippen LogP contribution in [0.1, 0.15) is 5.69 Å². The zero-order chi connectivity index (χ0) is 9.10. The van der Waals surface area contributed by atoms with Gasteiger partial charge in [-0.2, -0.15) is 0 Å². The number of imidazole rings is 1. The molecular weight excluding hydrogens is 164 g/mol. The highest BCUT2D eigenvalue weighted by Crippen LogP contribution is 2.00. The van der Waals surface area contributed by atoms with Gasteiger partial charge in [0.25, 0.3) is 0 Å². The normalized spacial score (nSPS) is 10.8. The van der Waals surface area contributed by atoms with Crippen molar-refractivity contribution >= 4 is 5.78 Å². The average Bonchev–Trinajstić information content (AvgIpc) is 2.61. The van der Waals surface area contributed by atoms with E-state index >= 15 is 0 Å². The smallest absolute Gasteiger partial charge is 0.233 e. The van der Waals surface area contributed by atoms with Crippen molar-refractivity contribution in [3.8, 4) is 0 Å². The van der Waals surface area contributed by atoms with Crippen LogP contribution >= 0.6 is 0 Å². The SMILES string of the molecule is CNCCc1ccn2ccnc2n1. The molecule has 4 heteroatoms. The maximum Gasteiger partial charge on any atom is 0.233 e. The molecule has 2 rings (SSSR count). The second-order valence-corrected chi connectivity index (χ2v) is 2.91. The van der Waals surface area contributed by atoms with Gasteiger partial charge in [-0.25, -0.2) is 9.97 Å². The van der Waals surface area contributed by atoms with Gasteiger partial charge in [0.2, 0.25) is 5.78 Å². The Morgan fingerprint density at radius 1 is 1.46 bits per heavy atom.